The Morgan fingerprint density at radius 2 is 1.68 bits per heavy atom. The smallest absolute Gasteiger partial charge is 0.410 e. The summed E-state index contributed by atoms with van der Waals surface area (Å²) in [6, 6.07) is 13.8. The normalized spacial score (nSPS) is 13.6. The molecule has 0 aliphatic carbocycles. The number of aliphatic hydroxyl groups excluding tert-OH is 1. The predicted molar refractivity (Wildman–Crippen MR) is 113 cm³/mol. The first-order valence-corrected chi connectivity index (χ1v) is 10.1. The van der Waals surface area contributed by atoms with Gasteiger partial charge in [0.25, 0.3) is 0 Å². The third-order valence-corrected chi connectivity index (χ3v) is 4.89. The van der Waals surface area contributed by atoms with Crippen molar-refractivity contribution in [3.63, 3.8) is 0 Å². The molecule has 0 bridgehead atoms. The minimum absolute atomic E-state index is 0.128. The number of benzene rings is 2. The Balaban J connectivity index is 2.18. The van der Waals surface area contributed by atoms with Crippen molar-refractivity contribution >= 4 is 22.0 Å². The van der Waals surface area contributed by atoms with Crippen LogP contribution in [0.1, 0.15) is 44.9 Å². The average molecular weight is 450 g/mol. The molecule has 0 aliphatic rings. The second kappa shape index (κ2) is 9.43. The quantitative estimate of drug-likeness (QED) is 0.646. The van der Waals surface area contributed by atoms with Crippen LogP contribution in [0.25, 0.3) is 0 Å². The second-order valence-corrected chi connectivity index (χ2v) is 8.74. The van der Waals surface area contributed by atoms with Gasteiger partial charge >= 0.3 is 6.09 Å². The molecule has 2 N–H and O–H groups in total. The molecule has 2 rings (SSSR count). The van der Waals surface area contributed by atoms with Crippen LogP contribution in [0.15, 0.2) is 53.0 Å². The Morgan fingerprint density at radius 3 is 2.21 bits per heavy atom. The summed E-state index contributed by atoms with van der Waals surface area (Å²) in [5.74, 6) is 0.128. The number of halogens is 1. The molecule has 0 aliphatic heterocycles. The van der Waals surface area contributed by atoms with Gasteiger partial charge in [0, 0.05) is 11.0 Å². The SMILES string of the molecule is C[C@@H]([C@H](O)c1ccc(O)cc1)N(CCc1ccc(Br)cc1)C(=O)OC(C)(C)C. The fraction of sp³-hybridized carbons (Fsp3) is 0.409. The molecule has 0 saturated carbocycles. The lowest BCUT2D eigenvalue weighted by molar-refractivity contribution is -0.00239. The molecular formula is C22H28BrNO4. The number of carbonyl (C=O) groups excluding carboxylic acids is 1. The van der Waals surface area contributed by atoms with Gasteiger partial charge in [-0.05, 0) is 69.5 Å². The van der Waals surface area contributed by atoms with Crippen molar-refractivity contribution in [3.8, 4) is 5.75 Å². The van der Waals surface area contributed by atoms with Crippen molar-refractivity contribution < 1.29 is 19.7 Å². The first kappa shape index (κ1) is 22.2. The third kappa shape index (κ3) is 6.53. The Kier molecular flexibility index (Phi) is 7.49. The molecule has 0 heterocycles. The highest BCUT2D eigenvalue weighted by atomic mass is 79.9. The number of phenols is 1. The van der Waals surface area contributed by atoms with Gasteiger partial charge in [-0.2, -0.15) is 0 Å². The lowest BCUT2D eigenvalue weighted by atomic mass is 10.0. The Bertz CT molecular complexity index is 769. The van der Waals surface area contributed by atoms with Crippen molar-refractivity contribution in [1.82, 2.24) is 4.90 Å². The molecule has 5 nitrogen and oxygen atoms in total. The summed E-state index contributed by atoms with van der Waals surface area (Å²) in [5.41, 5.74) is 1.08. The zero-order chi connectivity index (χ0) is 20.9. The van der Waals surface area contributed by atoms with E-state index in [1.807, 2.05) is 45.0 Å². The van der Waals surface area contributed by atoms with Gasteiger partial charge in [0.2, 0.25) is 0 Å². The van der Waals surface area contributed by atoms with Gasteiger partial charge in [-0.15, -0.1) is 0 Å². The monoisotopic (exact) mass is 449 g/mol. The van der Waals surface area contributed by atoms with Crippen molar-refractivity contribution in [2.45, 2.75) is 51.9 Å². The van der Waals surface area contributed by atoms with E-state index in [4.69, 9.17) is 4.74 Å². The first-order valence-electron chi connectivity index (χ1n) is 9.28. The third-order valence-electron chi connectivity index (χ3n) is 4.37. The Morgan fingerprint density at radius 1 is 1.11 bits per heavy atom. The topological polar surface area (TPSA) is 70.0 Å². The maximum Gasteiger partial charge on any atom is 0.410 e. The van der Waals surface area contributed by atoms with Crippen molar-refractivity contribution in [1.29, 1.82) is 0 Å². The molecule has 0 unspecified atom stereocenters. The average Bonchev–Trinajstić information content (AvgIpc) is 2.62. The standard InChI is InChI=1S/C22H28BrNO4/c1-15(20(26)17-7-11-19(25)12-8-17)24(21(27)28-22(2,3)4)14-13-16-5-9-18(23)10-6-16/h5-12,15,20,25-26H,13-14H2,1-4H3/t15-,20-/m0/s1. The fourth-order valence-electron chi connectivity index (χ4n) is 2.80. The molecule has 0 aromatic heterocycles. The minimum atomic E-state index is -0.905. The molecule has 6 heteroatoms. The summed E-state index contributed by atoms with van der Waals surface area (Å²) >= 11 is 3.42. The maximum absolute atomic E-state index is 12.8. The first-order chi connectivity index (χ1) is 13.1. The highest BCUT2D eigenvalue weighted by Gasteiger charge is 2.30. The number of phenolic OH excluding ortho intramolecular Hbond substituents is 1. The largest absolute Gasteiger partial charge is 0.508 e. The van der Waals surface area contributed by atoms with E-state index >= 15 is 0 Å². The van der Waals surface area contributed by atoms with Gasteiger partial charge in [-0.3, -0.25) is 0 Å². The van der Waals surface area contributed by atoms with Crippen molar-refractivity contribution in [3.05, 3.63) is 64.1 Å². The van der Waals surface area contributed by atoms with Gasteiger partial charge in [-0.25, -0.2) is 4.79 Å². The summed E-state index contributed by atoms with van der Waals surface area (Å²) in [5, 5.41) is 20.3. The van der Waals surface area contributed by atoms with E-state index in [0.717, 1.165) is 10.0 Å². The molecule has 2 atom stereocenters. The second-order valence-electron chi connectivity index (χ2n) is 7.83. The Labute approximate surface area is 175 Å². The maximum atomic E-state index is 12.8. The number of carbonyl (C=O) groups is 1. The van der Waals surface area contributed by atoms with Crippen LogP contribution in [-0.2, 0) is 11.2 Å². The lowest BCUT2D eigenvalue weighted by Crippen LogP contribution is -2.45. The van der Waals surface area contributed by atoms with E-state index in [-0.39, 0.29) is 5.75 Å². The fourth-order valence-corrected chi connectivity index (χ4v) is 3.07. The van der Waals surface area contributed by atoms with E-state index in [0.29, 0.717) is 18.5 Å². The number of aromatic hydroxyl groups is 1. The van der Waals surface area contributed by atoms with E-state index < -0.39 is 23.8 Å². The minimum Gasteiger partial charge on any atom is -0.508 e. The lowest BCUT2D eigenvalue weighted by Gasteiger charge is -2.34. The molecule has 1 amide bonds. The van der Waals surface area contributed by atoms with Gasteiger partial charge in [0.05, 0.1) is 12.1 Å². The van der Waals surface area contributed by atoms with Crippen molar-refractivity contribution in [2.75, 3.05) is 6.54 Å². The van der Waals surface area contributed by atoms with Crippen molar-refractivity contribution in [2.24, 2.45) is 0 Å². The zero-order valence-electron chi connectivity index (χ0n) is 16.7. The summed E-state index contributed by atoms with van der Waals surface area (Å²) in [4.78, 5) is 14.4. The molecule has 152 valence electrons. The number of ether oxygens (including phenoxy) is 1. The van der Waals surface area contributed by atoms with Crippen LogP contribution in [0.5, 0.6) is 5.75 Å². The van der Waals surface area contributed by atoms with E-state index in [2.05, 4.69) is 15.9 Å². The molecular weight excluding hydrogens is 422 g/mol. The molecule has 2 aromatic carbocycles. The molecule has 28 heavy (non-hydrogen) atoms. The van der Waals surface area contributed by atoms with E-state index in [9.17, 15) is 15.0 Å². The van der Waals surface area contributed by atoms with E-state index in [1.54, 1.807) is 24.0 Å². The van der Waals surface area contributed by atoms with Gasteiger partial charge in [-0.1, -0.05) is 40.2 Å². The summed E-state index contributed by atoms with van der Waals surface area (Å²) in [6.45, 7) is 7.66. The number of amides is 1. The van der Waals surface area contributed by atoms with Gasteiger partial charge in [0.15, 0.2) is 0 Å². The van der Waals surface area contributed by atoms with Crippen LogP contribution >= 0.6 is 15.9 Å². The number of hydrogen-bond donors (Lipinski definition) is 2. The molecule has 0 spiro atoms. The molecule has 2 aromatic rings. The number of aliphatic hydroxyl groups is 1. The number of hydrogen-bond acceptors (Lipinski definition) is 4. The highest BCUT2D eigenvalue weighted by molar-refractivity contribution is 9.10. The summed E-state index contributed by atoms with van der Waals surface area (Å²) in [7, 11) is 0. The molecule has 0 saturated heterocycles. The number of nitrogens with zero attached hydrogens (tertiary/aromatic N) is 1. The predicted octanol–water partition coefficient (Wildman–Crippen LogP) is 5.06. The van der Waals surface area contributed by atoms with Gasteiger partial charge < -0.3 is 19.8 Å². The number of rotatable bonds is 6. The van der Waals surface area contributed by atoms with Gasteiger partial charge in [0.1, 0.15) is 11.4 Å². The van der Waals surface area contributed by atoms with Crippen LogP contribution in [-0.4, -0.2) is 39.4 Å². The summed E-state index contributed by atoms with van der Waals surface area (Å²) in [6.07, 6.45) is -0.730. The van der Waals surface area contributed by atoms with Crippen LogP contribution in [0.3, 0.4) is 0 Å². The highest BCUT2D eigenvalue weighted by Crippen LogP contribution is 2.25. The zero-order valence-corrected chi connectivity index (χ0v) is 18.3. The van der Waals surface area contributed by atoms with Crippen LogP contribution in [0.4, 0.5) is 4.79 Å². The molecule has 0 radical (unpaired) electrons. The van der Waals surface area contributed by atoms with Crippen LogP contribution in [0, 0.1) is 0 Å². The Hall–Kier alpha value is -2.05. The molecule has 0 fully saturated rings. The van der Waals surface area contributed by atoms with Crippen LogP contribution in [0.2, 0.25) is 0 Å². The van der Waals surface area contributed by atoms with E-state index in [1.165, 1.54) is 12.1 Å². The van der Waals surface area contributed by atoms with Crippen LogP contribution < -0.4 is 0 Å². The summed E-state index contributed by atoms with van der Waals surface area (Å²) < 4.78 is 6.56.